The van der Waals surface area contributed by atoms with Crippen LogP contribution in [-0.4, -0.2) is 33.9 Å². The van der Waals surface area contributed by atoms with E-state index in [0.29, 0.717) is 18.2 Å². The zero-order valence-electron chi connectivity index (χ0n) is 13.3. The highest BCUT2D eigenvalue weighted by Gasteiger charge is 2.30. The molecule has 5 heteroatoms. The molecular weight excluding hydrogens is 254 g/mol. The zero-order chi connectivity index (χ0) is 15.5. The van der Waals surface area contributed by atoms with E-state index in [1.807, 2.05) is 41.5 Å². The third-order valence-electron chi connectivity index (χ3n) is 3.59. The van der Waals surface area contributed by atoms with Crippen molar-refractivity contribution < 1.29 is 9.90 Å². The number of nitrogens with zero attached hydrogens (tertiary/aromatic N) is 1. The maximum Gasteiger partial charge on any atom is 0.271 e. The van der Waals surface area contributed by atoms with Gasteiger partial charge >= 0.3 is 0 Å². The normalized spacial score (nSPS) is 13.8. The van der Waals surface area contributed by atoms with Crippen molar-refractivity contribution in [2.24, 2.45) is 11.3 Å². The predicted octanol–water partition coefficient (Wildman–Crippen LogP) is 2.31. The van der Waals surface area contributed by atoms with Crippen molar-refractivity contribution in [1.29, 1.82) is 0 Å². The number of amides is 1. The lowest BCUT2D eigenvalue weighted by molar-refractivity contribution is 0.0138. The Bertz CT molecular complexity index is 450. The van der Waals surface area contributed by atoms with Crippen molar-refractivity contribution >= 4 is 5.91 Å². The minimum atomic E-state index is -0.465. The van der Waals surface area contributed by atoms with Gasteiger partial charge in [0.2, 0.25) is 0 Å². The quantitative estimate of drug-likeness (QED) is 0.748. The summed E-state index contributed by atoms with van der Waals surface area (Å²) in [4.78, 5) is 12.0. The minimum Gasteiger partial charge on any atom is -0.392 e. The fraction of sp³-hybridized carbons (Fsp3) is 0.733. The Balaban J connectivity index is 2.62. The van der Waals surface area contributed by atoms with Crippen LogP contribution >= 0.6 is 0 Å². The maximum atomic E-state index is 12.0. The van der Waals surface area contributed by atoms with Gasteiger partial charge < -0.3 is 10.4 Å². The van der Waals surface area contributed by atoms with Gasteiger partial charge in [0, 0.05) is 17.7 Å². The first-order valence-corrected chi connectivity index (χ1v) is 7.16. The van der Waals surface area contributed by atoms with E-state index in [9.17, 15) is 9.90 Å². The van der Waals surface area contributed by atoms with Crippen LogP contribution in [0.15, 0.2) is 6.07 Å². The summed E-state index contributed by atoms with van der Waals surface area (Å²) in [5.41, 5.74) is 0.959. The topological polar surface area (TPSA) is 78.0 Å². The van der Waals surface area contributed by atoms with Crippen LogP contribution in [0.3, 0.4) is 0 Å². The molecule has 1 unspecified atom stereocenters. The summed E-state index contributed by atoms with van der Waals surface area (Å²) in [6, 6.07) is 1.77. The number of aliphatic hydroxyl groups excluding tert-OH is 1. The third kappa shape index (κ3) is 4.07. The summed E-state index contributed by atoms with van der Waals surface area (Å²) >= 11 is 0. The van der Waals surface area contributed by atoms with Gasteiger partial charge in [0.05, 0.1) is 6.10 Å². The van der Waals surface area contributed by atoms with Gasteiger partial charge in [0.25, 0.3) is 5.91 Å². The molecule has 1 amide bonds. The molecular formula is C15H27N3O2. The van der Waals surface area contributed by atoms with Crippen LogP contribution in [0.1, 0.15) is 63.6 Å². The second-order valence-corrected chi connectivity index (χ2v) is 6.72. The Labute approximate surface area is 121 Å². The highest BCUT2D eigenvalue weighted by molar-refractivity contribution is 5.92. The molecule has 3 N–H and O–H groups in total. The number of carbonyl (C=O) groups excluding carboxylic acids is 1. The lowest BCUT2D eigenvalue weighted by atomic mass is 9.80. The van der Waals surface area contributed by atoms with Crippen LogP contribution in [0.2, 0.25) is 0 Å². The van der Waals surface area contributed by atoms with E-state index >= 15 is 0 Å². The second-order valence-electron chi connectivity index (χ2n) is 6.72. The fourth-order valence-corrected chi connectivity index (χ4v) is 2.15. The molecule has 0 radical (unpaired) electrons. The smallest absolute Gasteiger partial charge is 0.271 e. The summed E-state index contributed by atoms with van der Waals surface area (Å²) in [5.74, 6) is 0.250. The van der Waals surface area contributed by atoms with Crippen molar-refractivity contribution in [2.75, 3.05) is 6.54 Å². The molecule has 1 atom stereocenters. The average molecular weight is 281 g/mol. The molecule has 1 heterocycles. The van der Waals surface area contributed by atoms with E-state index in [-0.39, 0.29) is 17.2 Å². The number of hydrogen-bond donors (Lipinski definition) is 3. The lowest BCUT2D eigenvalue weighted by Gasteiger charge is -2.33. The van der Waals surface area contributed by atoms with Gasteiger partial charge in [0.1, 0.15) is 5.69 Å². The standard InChI is InChI=1S/C15H27N3O2/c1-9(2)11-7-12(18-17-11)14(20)16-8-15(5,6)13(19)10(3)4/h7,9-10,13,19H,8H2,1-6H3,(H,16,20)(H,17,18). The predicted molar refractivity (Wildman–Crippen MR) is 79.6 cm³/mol. The molecule has 1 aromatic heterocycles. The Morgan fingerprint density at radius 3 is 2.45 bits per heavy atom. The first kappa shape index (κ1) is 16.7. The van der Waals surface area contributed by atoms with Crippen molar-refractivity contribution in [3.05, 3.63) is 17.5 Å². The molecule has 0 spiro atoms. The Morgan fingerprint density at radius 2 is 2.00 bits per heavy atom. The number of carbonyl (C=O) groups is 1. The summed E-state index contributed by atoms with van der Waals surface area (Å²) in [6.07, 6.45) is -0.465. The van der Waals surface area contributed by atoms with Gasteiger partial charge in [-0.2, -0.15) is 5.10 Å². The largest absolute Gasteiger partial charge is 0.392 e. The Hall–Kier alpha value is -1.36. The number of hydrogen-bond acceptors (Lipinski definition) is 3. The van der Waals surface area contributed by atoms with Gasteiger partial charge in [-0.25, -0.2) is 0 Å². The number of nitrogens with one attached hydrogen (secondary N) is 2. The Kier molecular flexibility index (Phi) is 5.34. The van der Waals surface area contributed by atoms with Crippen molar-refractivity contribution in [1.82, 2.24) is 15.5 Å². The molecule has 0 bridgehead atoms. The number of aromatic nitrogens is 2. The molecule has 0 saturated heterocycles. The molecule has 5 nitrogen and oxygen atoms in total. The summed E-state index contributed by atoms with van der Waals surface area (Å²) in [5, 5.41) is 19.9. The van der Waals surface area contributed by atoms with E-state index in [1.165, 1.54) is 0 Å². The number of aromatic amines is 1. The zero-order valence-corrected chi connectivity index (χ0v) is 13.3. The molecule has 0 aromatic carbocycles. The number of rotatable bonds is 6. The highest BCUT2D eigenvalue weighted by Crippen LogP contribution is 2.25. The van der Waals surface area contributed by atoms with Gasteiger partial charge in [-0.05, 0) is 17.9 Å². The van der Waals surface area contributed by atoms with Crippen molar-refractivity contribution in [2.45, 2.75) is 53.6 Å². The van der Waals surface area contributed by atoms with E-state index in [4.69, 9.17) is 0 Å². The molecule has 114 valence electrons. The maximum absolute atomic E-state index is 12.0. The average Bonchev–Trinajstić information content (AvgIpc) is 2.84. The first-order valence-electron chi connectivity index (χ1n) is 7.16. The molecule has 0 aliphatic rings. The second kappa shape index (κ2) is 6.39. The van der Waals surface area contributed by atoms with Gasteiger partial charge in [-0.1, -0.05) is 41.5 Å². The van der Waals surface area contributed by atoms with Crippen LogP contribution in [0.4, 0.5) is 0 Å². The van der Waals surface area contributed by atoms with E-state index in [0.717, 1.165) is 5.69 Å². The molecule has 0 aliphatic heterocycles. The van der Waals surface area contributed by atoms with Gasteiger partial charge in [-0.3, -0.25) is 9.89 Å². The molecule has 0 aliphatic carbocycles. The van der Waals surface area contributed by atoms with Crippen LogP contribution < -0.4 is 5.32 Å². The van der Waals surface area contributed by atoms with Gasteiger partial charge in [0.15, 0.2) is 0 Å². The van der Waals surface area contributed by atoms with E-state index in [1.54, 1.807) is 6.07 Å². The molecule has 20 heavy (non-hydrogen) atoms. The molecule has 1 rings (SSSR count). The Morgan fingerprint density at radius 1 is 1.40 bits per heavy atom. The number of aliphatic hydroxyl groups is 1. The van der Waals surface area contributed by atoms with Crippen LogP contribution in [-0.2, 0) is 0 Å². The van der Waals surface area contributed by atoms with Crippen LogP contribution in [0.25, 0.3) is 0 Å². The SMILES string of the molecule is CC(C)c1cc(C(=O)NCC(C)(C)C(O)C(C)C)n[nH]1. The monoisotopic (exact) mass is 281 g/mol. The number of H-pyrrole nitrogens is 1. The van der Waals surface area contributed by atoms with Crippen molar-refractivity contribution in [3.63, 3.8) is 0 Å². The molecule has 1 aromatic rings. The summed E-state index contributed by atoms with van der Waals surface area (Å²) in [7, 11) is 0. The highest BCUT2D eigenvalue weighted by atomic mass is 16.3. The minimum absolute atomic E-state index is 0.153. The van der Waals surface area contributed by atoms with E-state index in [2.05, 4.69) is 15.5 Å². The molecule has 0 saturated carbocycles. The molecule has 0 fully saturated rings. The first-order chi connectivity index (χ1) is 9.15. The van der Waals surface area contributed by atoms with Gasteiger partial charge in [-0.15, -0.1) is 0 Å². The van der Waals surface area contributed by atoms with Crippen LogP contribution in [0, 0.1) is 11.3 Å². The van der Waals surface area contributed by atoms with E-state index < -0.39 is 6.10 Å². The summed E-state index contributed by atoms with van der Waals surface area (Å²) in [6.45, 7) is 12.3. The summed E-state index contributed by atoms with van der Waals surface area (Å²) < 4.78 is 0. The van der Waals surface area contributed by atoms with Crippen molar-refractivity contribution in [3.8, 4) is 0 Å². The fourth-order valence-electron chi connectivity index (χ4n) is 2.15. The lowest BCUT2D eigenvalue weighted by Crippen LogP contribution is -2.43. The van der Waals surface area contributed by atoms with Crippen LogP contribution in [0.5, 0.6) is 0 Å². The third-order valence-corrected chi connectivity index (χ3v) is 3.59.